The highest BCUT2D eigenvalue weighted by atomic mass is 32.2. The van der Waals surface area contributed by atoms with Gasteiger partial charge in [-0.1, -0.05) is 0 Å². The molecule has 0 bridgehead atoms. The molecule has 1 fully saturated rings. The van der Waals surface area contributed by atoms with Gasteiger partial charge >= 0.3 is 0 Å². The van der Waals surface area contributed by atoms with Crippen molar-refractivity contribution in [1.29, 1.82) is 0 Å². The monoisotopic (exact) mass is 272 g/mol. The highest BCUT2D eigenvalue weighted by Gasteiger charge is 2.33. The number of rotatable bonds is 3. The van der Waals surface area contributed by atoms with E-state index >= 15 is 0 Å². The fourth-order valence-electron chi connectivity index (χ4n) is 2.13. The second-order valence-electron chi connectivity index (χ2n) is 4.46. The average molecular weight is 272 g/mol. The first-order chi connectivity index (χ1) is 8.43. The lowest BCUT2D eigenvalue weighted by atomic mass is 9.99. The number of carbonyl (C=O) groups excluding carboxylic acids is 1. The van der Waals surface area contributed by atoms with Crippen molar-refractivity contribution in [1.82, 2.24) is 14.5 Å². The van der Waals surface area contributed by atoms with Crippen LogP contribution in [0.2, 0.25) is 0 Å². The normalized spacial score (nSPS) is 21.9. The van der Waals surface area contributed by atoms with Crippen molar-refractivity contribution in [3.8, 4) is 0 Å². The van der Waals surface area contributed by atoms with Crippen molar-refractivity contribution in [2.24, 2.45) is 11.7 Å². The summed E-state index contributed by atoms with van der Waals surface area (Å²) in [5, 5.41) is 6.31. The summed E-state index contributed by atoms with van der Waals surface area (Å²) in [4.78, 5) is 11.3. The Balaban J connectivity index is 2.26. The van der Waals surface area contributed by atoms with Crippen molar-refractivity contribution >= 4 is 15.9 Å². The molecule has 1 aliphatic rings. The number of aromatic amines is 1. The molecule has 8 heteroatoms. The molecule has 1 aromatic rings. The molecular formula is C10H16N4O3S. The zero-order chi connectivity index (χ0) is 13.3. The van der Waals surface area contributed by atoms with Gasteiger partial charge in [-0.2, -0.15) is 9.40 Å². The van der Waals surface area contributed by atoms with E-state index in [-0.39, 0.29) is 11.4 Å². The quantitative estimate of drug-likeness (QED) is 0.780. The molecule has 1 atom stereocenters. The molecule has 0 aliphatic carbocycles. The molecule has 0 radical (unpaired) electrons. The molecule has 0 saturated carbocycles. The number of nitrogens with two attached hydrogens (primary N) is 1. The number of hydrogen-bond acceptors (Lipinski definition) is 4. The van der Waals surface area contributed by atoms with Crippen molar-refractivity contribution in [3.63, 3.8) is 0 Å². The van der Waals surface area contributed by atoms with Gasteiger partial charge in [0.1, 0.15) is 4.90 Å². The van der Waals surface area contributed by atoms with Gasteiger partial charge in [-0.3, -0.25) is 9.89 Å². The number of amides is 1. The summed E-state index contributed by atoms with van der Waals surface area (Å²) in [5.41, 5.74) is 5.74. The number of hydrogen-bond donors (Lipinski definition) is 2. The highest BCUT2D eigenvalue weighted by Crippen LogP contribution is 2.24. The smallest absolute Gasteiger partial charge is 0.246 e. The molecule has 1 aliphatic heterocycles. The third-order valence-corrected chi connectivity index (χ3v) is 5.17. The predicted octanol–water partition coefficient (Wildman–Crippen LogP) is -0.396. The number of carbonyl (C=O) groups is 1. The van der Waals surface area contributed by atoms with E-state index in [0.717, 1.165) is 0 Å². The fourth-order valence-corrected chi connectivity index (χ4v) is 3.77. The molecular weight excluding hydrogens is 256 g/mol. The Hall–Kier alpha value is -1.41. The Bertz CT molecular complexity index is 551. The summed E-state index contributed by atoms with van der Waals surface area (Å²) >= 11 is 0. The SMILES string of the molecule is Cc1[nH]ncc1S(=O)(=O)N1CCCC(C(N)=O)C1. The summed E-state index contributed by atoms with van der Waals surface area (Å²) in [7, 11) is -3.58. The van der Waals surface area contributed by atoms with Gasteiger partial charge in [0, 0.05) is 13.1 Å². The maximum absolute atomic E-state index is 12.4. The van der Waals surface area contributed by atoms with Gasteiger partial charge in [-0.15, -0.1) is 0 Å². The Labute approximate surface area is 105 Å². The molecule has 1 unspecified atom stereocenters. The Morgan fingerprint density at radius 1 is 1.61 bits per heavy atom. The first kappa shape index (κ1) is 13.0. The van der Waals surface area contributed by atoms with E-state index in [2.05, 4.69) is 10.2 Å². The van der Waals surface area contributed by atoms with Crippen LogP contribution in [0.15, 0.2) is 11.1 Å². The molecule has 1 amide bonds. The zero-order valence-corrected chi connectivity index (χ0v) is 10.9. The van der Waals surface area contributed by atoms with Crippen LogP contribution in [0.4, 0.5) is 0 Å². The Kier molecular flexibility index (Phi) is 3.40. The maximum Gasteiger partial charge on any atom is 0.246 e. The van der Waals surface area contributed by atoms with Crippen LogP contribution in [0.5, 0.6) is 0 Å². The number of nitrogens with zero attached hydrogens (tertiary/aromatic N) is 2. The second-order valence-corrected chi connectivity index (χ2v) is 6.37. The largest absolute Gasteiger partial charge is 0.369 e. The number of aromatic nitrogens is 2. The van der Waals surface area contributed by atoms with E-state index in [9.17, 15) is 13.2 Å². The number of aryl methyl sites for hydroxylation is 1. The van der Waals surface area contributed by atoms with Crippen molar-refractivity contribution in [2.45, 2.75) is 24.7 Å². The fraction of sp³-hybridized carbons (Fsp3) is 0.600. The Morgan fingerprint density at radius 3 is 2.89 bits per heavy atom. The molecule has 100 valence electrons. The molecule has 7 nitrogen and oxygen atoms in total. The minimum Gasteiger partial charge on any atom is -0.369 e. The maximum atomic E-state index is 12.4. The Morgan fingerprint density at radius 2 is 2.33 bits per heavy atom. The lowest BCUT2D eigenvalue weighted by Crippen LogP contribution is -2.44. The molecule has 2 rings (SSSR count). The van der Waals surface area contributed by atoms with Crippen LogP contribution >= 0.6 is 0 Å². The third-order valence-electron chi connectivity index (χ3n) is 3.19. The van der Waals surface area contributed by atoms with Gasteiger partial charge < -0.3 is 5.73 Å². The van der Waals surface area contributed by atoms with E-state index in [1.165, 1.54) is 10.5 Å². The predicted molar refractivity (Wildman–Crippen MR) is 64.0 cm³/mol. The minimum atomic E-state index is -3.58. The topological polar surface area (TPSA) is 109 Å². The molecule has 3 N–H and O–H groups in total. The van der Waals surface area contributed by atoms with Crippen LogP contribution in [0.1, 0.15) is 18.5 Å². The molecule has 1 saturated heterocycles. The third kappa shape index (κ3) is 2.25. The molecule has 1 aromatic heterocycles. The van der Waals surface area contributed by atoms with Crippen molar-refractivity contribution in [3.05, 3.63) is 11.9 Å². The number of piperidine rings is 1. The van der Waals surface area contributed by atoms with Crippen LogP contribution in [0.3, 0.4) is 0 Å². The number of H-pyrrole nitrogens is 1. The first-order valence-corrected chi connectivity index (χ1v) is 7.16. The van der Waals surface area contributed by atoms with Crippen molar-refractivity contribution < 1.29 is 13.2 Å². The second kappa shape index (κ2) is 4.69. The van der Waals surface area contributed by atoms with Gasteiger partial charge in [-0.25, -0.2) is 8.42 Å². The average Bonchev–Trinajstić information content (AvgIpc) is 2.76. The van der Waals surface area contributed by atoms with E-state index in [0.29, 0.717) is 25.1 Å². The van der Waals surface area contributed by atoms with E-state index < -0.39 is 21.8 Å². The molecule has 2 heterocycles. The van der Waals surface area contributed by atoms with Gasteiger partial charge in [0.2, 0.25) is 15.9 Å². The van der Waals surface area contributed by atoms with Crippen LogP contribution in [-0.2, 0) is 14.8 Å². The van der Waals surface area contributed by atoms with Gasteiger partial charge in [0.25, 0.3) is 0 Å². The first-order valence-electron chi connectivity index (χ1n) is 5.72. The minimum absolute atomic E-state index is 0.155. The van der Waals surface area contributed by atoms with Gasteiger partial charge in [0.15, 0.2) is 0 Å². The van der Waals surface area contributed by atoms with Crippen LogP contribution in [-0.4, -0.2) is 41.9 Å². The highest BCUT2D eigenvalue weighted by molar-refractivity contribution is 7.89. The summed E-state index contributed by atoms with van der Waals surface area (Å²) in [6.45, 7) is 2.22. The van der Waals surface area contributed by atoms with E-state index in [1.54, 1.807) is 6.92 Å². The van der Waals surface area contributed by atoms with E-state index in [1.807, 2.05) is 0 Å². The van der Waals surface area contributed by atoms with Gasteiger partial charge in [0.05, 0.1) is 17.8 Å². The van der Waals surface area contributed by atoms with Crippen molar-refractivity contribution in [2.75, 3.05) is 13.1 Å². The summed E-state index contributed by atoms with van der Waals surface area (Å²) in [6, 6.07) is 0. The molecule has 0 aromatic carbocycles. The van der Waals surface area contributed by atoms with Crippen LogP contribution in [0, 0.1) is 12.8 Å². The number of primary amides is 1. The zero-order valence-electron chi connectivity index (χ0n) is 10.1. The van der Waals surface area contributed by atoms with E-state index in [4.69, 9.17) is 5.73 Å². The van der Waals surface area contributed by atoms with Gasteiger partial charge in [-0.05, 0) is 19.8 Å². The molecule has 0 spiro atoms. The summed E-state index contributed by atoms with van der Waals surface area (Å²) < 4.78 is 26.0. The number of sulfonamides is 1. The lowest BCUT2D eigenvalue weighted by molar-refractivity contribution is -0.122. The standard InChI is InChI=1S/C10H16N4O3S/c1-7-9(5-12-13-7)18(16,17)14-4-2-3-8(6-14)10(11)15/h5,8H,2-4,6H2,1H3,(H2,11,15)(H,12,13). The summed E-state index contributed by atoms with van der Waals surface area (Å²) in [6.07, 6.45) is 2.58. The van der Waals surface area contributed by atoms with Crippen LogP contribution < -0.4 is 5.73 Å². The molecule has 18 heavy (non-hydrogen) atoms. The summed E-state index contributed by atoms with van der Waals surface area (Å²) in [5.74, 6) is -0.848. The lowest BCUT2D eigenvalue weighted by Gasteiger charge is -2.30. The number of nitrogens with one attached hydrogen (secondary N) is 1. The van der Waals surface area contributed by atoms with Crippen LogP contribution in [0.25, 0.3) is 0 Å².